The topological polar surface area (TPSA) is 79.0 Å². The molecule has 1 atom stereocenters. The molecule has 0 fully saturated rings. The van der Waals surface area contributed by atoms with Crippen LogP contribution < -0.4 is 5.56 Å². The van der Waals surface area contributed by atoms with Crippen molar-refractivity contribution >= 4 is 39.2 Å². The Morgan fingerprint density at radius 1 is 1.33 bits per heavy atom. The summed E-state index contributed by atoms with van der Waals surface area (Å²) in [6.07, 6.45) is 1.67. The second kappa shape index (κ2) is 8.67. The van der Waals surface area contributed by atoms with Crippen molar-refractivity contribution in [3.8, 4) is 0 Å². The third-order valence-corrected chi connectivity index (χ3v) is 6.32. The van der Waals surface area contributed by atoms with Gasteiger partial charge < -0.3 is 9.88 Å². The Kier molecular flexibility index (Phi) is 6.28. The van der Waals surface area contributed by atoms with Crippen molar-refractivity contribution in [2.45, 2.75) is 37.9 Å². The highest BCUT2D eigenvalue weighted by Gasteiger charge is 2.21. The first-order valence-electron chi connectivity index (χ1n) is 8.82. The zero-order valence-electron chi connectivity index (χ0n) is 15.6. The smallest absolute Gasteiger partial charge is 0.251 e. The minimum absolute atomic E-state index is 0.0321. The normalized spacial score (nSPS) is 12.3. The molecule has 2 aromatic heterocycles. The van der Waals surface area contributed by atoms with Gasteiger partial charge >= 0.3 is 0 Å². The first-order valence-corrected chi connectivity index (χ1v) is 10.6. The molecule has 0 saturated heterocycles. The molecule has 8 heteroatoms. The van der Waals surface area contributed by atoms with E-state index in [0.717, 1.165) is 33.8 Å². The number of nitrogens with one attached hydrogen (secondary N) is 1. The molecule has 0 bridgehead atoms. The van der Waals surface area contributed by atoms with E-state index in [2.05, 4.69) is 15.0 Å². The van der Waals surface area contributed by atoms with E-state index < -0.39 is 0 Å². The third kappa shape index (κ3) is 4.75. The number of para-hydroxylation sites is 1. The first-order chi connectivity index (χ1) is 13.0. The van der Waals surface area contributed by atoms with Gasteiger partial charge in [-0.3, -0.25) is 9.59 Å². The lowest BCUT2D eigenvalue weighted by Gasteiger charge is -2.23. The molecule has 0 radical (unpaired) electrons. The quantitative estimate of drug-likeness (QED) is 0.482. The maximum Gasteiger partial charge on any atom is 0.251 e. The second-order valence-electron chi connectivity index (χ2n) is 6.28. The van der Waals surface area contributed by atoms with Gasteiger partial charge in [-0.1, -0.05) is 37.2 Å². The molecule has 142 valence electrons. The Hall–Kier alpha value is -2.19. The summed E-state index contributed by atoms with van der Waals surface area (Å²) < 4.78 is 1.11. The molecule has 0 unspecified atom stereocenters. The molecule has 6 nitrogen and oxygen atoms in total. The molecule has 0 aliphatic carbocycles. The molecule has 0 aliphatic heterocycles. The summed E-state index contributed by atoms with van der Waals surface area (Å²) in [5.41, 5.74) is 1.53. The van der Waals surface area contributed by atoms with Crippen LogP contribution in [0.3, 0.4) is 0 Å². The monoisotopic (exact) mass is 402 g/mol. The van der Waals surface area contributed by atoms with E-state index in [1.54, 1.807) is 23.3 Å². The SMILES string of the molecule is CCCc1cc(=O)[nH]c(SCC(=O)N(C)[C@H](C)c2nc3ccccc3s2)n1. The summed E-state index contributed by atoms with van der Waals surface area (Å²) in [5.74, 6) is 0.180. The maximum atomic E-state index is 12.6. The van der Waals surface area contributed by atoms with Gasteiger partial charge in [0.1, 0.15) is 5.01 Å². The number of aromatic nitrogens is 3. The maximum absolute atomic E-state index is 12.6. The Bertz CT molecular complexity index is 966. The van der Waals surface area contributed by atoms with E-state index in [1.165, 1.54) is 17.8 Å². The van der Waals surface area contributed by atoms with Crippen molar-refractivity contribution in [1.82, 2.24) is 19.9 Å². The van der Waals surface area contributed by atoms with E-state index in [1.807, 2.05) is 38.1 Å². The Balaban J connectivity index is 1.65. The van der Waals surface area contributed by atoms with Crippen molar-refractivity contribution in [2.24, 2.45) is 0 Å². The molecular weight excluding hydrogens is 380 g/mol. The number of aryl methyl sites for hydroxylation is 1. The van der Waals surface area contributed by atoms with Gasteiger partial charge in [0.25, 0.3) is 5.56 Å². The summed E-state index contributed by atoms with van der Waals surface area (Å²) in [6, 6.07) is 9.35. The molecule has 2 heterocycles. The fourth-order valence-electron chi connectivity index (χ4n) is 2.62. The second-order valence-corrected chi connectivity index (χ2v) is 8.31. The Labute approximate surface area is 166 Å². The molecule has 1 amide bonds. The zero-order valence-corrected chi connectivity index (χ0v) is 17.2. The minimum Gasteiger partial charge on any atom is -0.336 e. The number of thioether (sulfide) groups is 1. The lowest BCUT2D eigenvalue weighted by Crippen LogP contribution is -2.31. The van der Waals surface area contributed by atoms with E-state index in [-0.39, 0.29) is 23.3 Å². The van der Waals surface area contributed by atoms with Crippen LogP contribution >= 0.6 is 23.1 Å². The number of nitrogens with zero attached hydrogens (tertiary/aromatic N) is 3. The number of hydrogen-bond acceptors (Lipinski definition) is 6. The first kappa shape index (κ1) is 19.6. The molecule has 3 aromatic rings. The highest BCUT2D eigenvalue weighted by atomic mass is 32.2. The van der Waals surface area contributed by atoms with Crippen LogP contribution in [-0.4, -0.2) is 38.6 Å². The summed E-state index contributed by atoms with van der Waals surface area (Å²) in [6.45, 7) is 4.01. The van der Waals surface area contributed by atoms with Gasteiger partial charge in [-0.25, -0.2) is 9.97 Å². The van der Waals surface area contributed by atoms with Crippen molar-refractivity contribution in [3.63, 3.8) is 0 Å². The average Bonchev–Trinajstić information content (AvgIpc) is 3.09. The van der Waals surface area contributed by atoms with Crippen LogP contribution in [0.1, 0.15) is 37.0 Å². The number of hydrogen-bond donors (Lipinski definition) is 1. The minimum atomic E-state index is -0.181. The lowest BCUT2D eigenvalue weighted by molar-refractivity contribution is -0.128. The molecule has 27 heavy (non-hydrogen) atoms. The van der Waals surface area contributed by atoms with Crippen LogP contribution in [0.4, 0.5) is 0 Å². The van der Waals surface area contributed by atoms with Crippen LogP contribution in [0, 0.1) is 0 Å². The molecule has 1 aromatic carbocycles. The number of carbonyl (C=O) groups is 1. The van der Waals surface area contributed by atoms with E-state index >= 15 is 0 Å². The van der Waals surface area contributed by atoms with Gasteiger partial charge in [0.2, 0.25) is 5.91 Å². The number of aromatic amines is 1. The van der Waals surface area contributed by atoms with Gasteiger partial charge in [0.05, 0.1) is 22.0 Å². The van der Waals surface area contributed by atoms with Crippen molar-refractivity contribution < 1.29 is 4.79 Å². The number of H-pyrrole nitrogens is 1. The summed E-state index contributed by atoms with van der Waals surface area (Å²) >= 11 is 2.86. The molecule has 1 N–H and O–H groups in total. The van der Waals surface area contributed by atoms with Crippen LogP contribution in [0.5, 0.6) is 0 Å². The van der Waals surface area contributed by atoms with E-state index in [0.29, 0.717) is 5.16 Å². The Morgan fingerprint density at radius 3 is 2.85 bits per heavy atom. The number of amides is 1. The average molecular weight is 403 g/mol. The predicted molar refractivity (Wildman–Crippen MR) is 110 cm³/mol. The highest BCUT2D eigenvalue weighted by Crippen LogP contribution is 2.29. The van der Waals surface area contributed by atoms with E-state index in [4.69, 9.17) is 0 Å². The van der Waals surface area contributed by atoms with Crippen molar-refractivity contribution in [1.29, 1.82) is 0 Å². The van der Waals surface area contributed by atoms with Gasteiger partial charge in [-0.05, 0) is 25.5 Å². The van der Waals surface area contributed by atoms with Crippen LogP contribution in [0.25, 0.3) is 10.2 Å². The van der Waals surface area contributed by atoms with Crippen LogP contribution in [-0.2, 0) is 11.2 Å². The Morgan fingerprint density at radius 2 is 2.11 bits per heavy atom. The number of benzene rings is 1. The number of rotatable bonds is 7. The van der Waals surface area contributed by atoms with Gasteiger partial charge in [0.15, 0.2) is 5.16 Å². The molecule has 3 rings (SSSR count). The summed E-state index contributed by atoms with van der Waals surface area (Å²) in [7, 11) is 1.78. The number of thiazole rings is 1. The third-order valence-electron chi connectivity index (χ3n) is 4.25. The molecule has 0 aliphatic rings. The number of fused-ring (bicyclic) bond motifs is 1. The van der Waals surface area contributed by atoms with Gasteiger partial charge in [-0.2, -0.15) is 0 Å². The molecule has 0 spiro atoms. The molecule has 0 saturated carbocycles. The largest absolute Gasteiger partial charge is 0.336 e. The van der Waals surface area contributed by atoms with Crippen molar-refractivity contribution in [3.05, 3.63) is 51.4 Å². The highest BCUT2D eigenvalue weighted by molar-refractivity contribution is 7.99. The lowest BCUT2D eigenvalue weighted by atomic mass is 10.2. The van der Waals surface area contributed by atoms with Crippen LogP contribution in [0.2, 0.25) is 0 Å². The van der Waals surface area contributed by atoms with E-state index in [9.17, 15) is 9.59 Å². The van der Waals surface area contributed by atoms with Gasteiger partial charge in [0, 0.05) is 18.8 Å². The summed E-state index contributed by atoms with van der Waals surface area (Å²) in [5, 5.41) is 1.40. The standard InChI is InChI=1S/C19H22N4O2S2/c1-4-7-13-10-16(24)22-19(20-13)26-11-17(25)23(3)12(2)18-21-14-8-5-6-9-15(14)27-18/h5-6,8-10,12H,4,7,11H2,1-3H3,(H,20,22,24)/t12-/m1/s1. The number of carbonyl (C=O) groups excluding carboxylic acids is 1. The van der Waals surface area contributed by atoms with Crippen molar-refractivity contribution in [2.75, 3.05) is 12.8 Å². The van der Waals surface area contributed by atoms with Crippen LogP contribution in [0.15, 0.2) is 40.3 Å². The zero-order chi connectivity index (χ0) is 19.4. The molecular formula is C19H22N4O2S2. The van der Waals surface area contributed by atoms with Gasteiger partial charge in [-0.15, -0.1) is 11.3 Å². The predicted octanol–water partition coefficient (Wildman–Crippen LogP) is 3.64. The fraction of sp³-hybridized carbons (Fsp3) is 0.368. The summed E-state index contributed by atoms with van der Waals surface area (Å²) in [4.78, 5) is 37.8. The fourth-order valence-corrected chi connectivity index (χ4v) is 4.50.